The summed E-state index contributed by atoms with van der Waals surface area (Å²) >= 11 is 0. The van der Waals surface area contributed by atoms with Crippen LogP contribution in [-0.4, -0.2) is 49.2 Å². The van der Waals surface area contributed by atoms with Crippen LogP contribution in [0, 0.1) is 0 Å². The number of nitrogens with zero attached hydrogens (tertiary/aromatic N) is 1. The molecule has 1 saturated heterocycles. The summed E-state index contributed by atoms with van der Waals surface area (Å²) in [5, 5.41) is 0. The minimum absolute atomic E-state index is 0.138. The summed E-state index contributed by atoms with van der Waals surface area (Å²) in [5.74, 6) is -0.118. The number of hydrogen-bond donors (Lipinski definition) is 0. The fraction of sp³-hybridized carbons (Fsp3) is 0.391. The molecule has 6 nitrogen and oxygen atoms in total. The van der Waals surface area contributed by atoms with Crippen molar-refractivity contribution in [3.05, 3.63) is 65.7 Å². The molecular formula is C23H27NO5. The van der Waals surface area contributed by atoms with E-state index in [1.54, 1.807) is 43.1 Å². The Morgan fingerprint density at radius 2 is 1.86 bits per heavy atom. The van der Waals surface area contributed by atoms with Gasteiger partial charge in [0.25, 0.3) is 5.91 Å². The number of carbonyl (C=O) groups is 2. The quantitative estimate of drug-likeness (QED) is 0.639. The Balaban J connectivity index is 1.48. The lowest BCUT2D eigenvalue weighted by atomic mass is 10.2. The van der Waals surface area contributed by atoms with Gasteiger partial charge in [0.1, 0.15) is 12.4 Å². The van der Waals surface area contributed by atoms with Gasteiger partial charge in [0.2, 0.25) is 0 Å². The maximum atomic E-state index is 12.5. The number of amides is 1. The van der Waals surface area contributed by atoms with Gasteiger partial charge in [-0.3, -0.25) is 4.79 Å². The van der Waals surface area contributed by atoms with E-state index in [1.165, 1.54) is 0 Å². The van der Waals surface area contributed by atoms with Crippen molar-refractivity contribution in [2.24, 2.45) is 0 Å². The maximum absolute atomic E-state index is 12.5. The van der Waals surface area contributed by atoms with E-state index >= 15 is 0 Å². The smallest absolute Gasteiger partial charge is 0.338 e. The molecule has 0 N–H and O–H groups in total. The highest BCUT2D eigenvalue weighted by Gasteiger charge is 2.22. The minimum atomic E-state index is -0.869. The Hall–Kier alpha value is -2.86. The van der Waals surface area contributed by atoms with Crippen molar-refractivity contribution in [2.75, 3.05) is 20.3 Å². The van der Waals surface area contributed by atoms with Crippen LogP contribution in [0.4, 0.5) is 0 Å². The summed E-state index contributed by atoms with van der Waals surface area (Å²) in [5.41, 5.74) is 1.39. The Kier molecular flexibility index (Phi) is 7.25. The van der Waals surface area contributed by atoms with Crippen LogP contribution in [0.5, 0.6) is 5.75 Å². The first-order valence-corrected chi connectivity index (χ1v) is 9.87. The molecule has 3 rings (SSSR count). The highest BCUT2D eigenvalue weighted by molar-refractivity contribution is 5.92. The second-order valence-electron chi connectivity index (χ2n) is 7.20. The van der Waals surface area contributed by atoms with Crippen LogP contribution >= 0.6 is 0 Å². The van der Waals surface area contributed by atoms with Crippen LogP contribution < -0.4 is 4.74 Å². The second-order valence-corrected chi connectivity index (χ2v) is 7.20. The standard InChI is InChI=1S/C23H27NO5/c1-17(22(25)24(2)15-18-7-4-3-5-8-18)29-23(26)19-10-12-20(13-11-19)28-16-21-9-6-14-27-21/h3-5,7-8,10-13,17,21H,6,9,14-16H2,1-2H3/t17-,21+/m1/s1. The topological polar surface area (TPSA) is 65.1 Å². The molecule has 2 atom stereocenters. The average Bonchev–Trinajstić information content (AvgIpc) is 3.26. The molecular weight excluding hydrogens is 370 g/mol. The molecule has 0 saturated carbocycles. The Morgan fingerprint density at radius 3 is 2.52 bits per heavy atom. The molecule has 2 aromatic carbocycles. The largest absolute Gasteiger partial charge is 0.491 e. The zero-order valence-corrected chi connectivity index (χ0v) is 16.9. The Morgan fingerprint density at radius 1 is 1.14 bits per heavy atom. The van der Waals surface area contributed by atoms with E-state index < -0.39 is 12.1 Å². The first-order chi connectivity index (χ1) is 14.0. The molecule has 0 aliphatic carbocycles. The minimum Gasteiger partial charge on any atom is -0.491 e. The van der Waals surface area contributed by atoms with Crippen molar-refractivity contribution in [1.29, 1.82) is 0 Å². The monoisotopic (exact) mass is 397 g/mol. The molecule has 1 fully saturated rings. The SMILES string of the molecule is C[C@@H](OC(=O)c1ccc(OC[C@@H]2CCCO2)cc1)C(=O)N(C)Cc1ccccc1. The Labute approximate surface area is 171 Å². The molecule has 0 aromatic heterocycles. The first kappa shape index (κ1) is 20.9. The lowest BCUT2D eigenvalue weighted by molar-refractivity contribution is -0.139. The van der Waals surface area contributed by atoms with Crippen LogP contribution in [0.25, 0.3) is 0 Å². The van der Waals surface area contributed by atoms with Crippen molar-refractivity contribution in [3.8, 4) is 5.75 Å². The lowest BCUT2D eigenvalue weighted by Gasteiger charge is -2.21. The molecule has 1 amide bonds. The summed E-state index contributed by atoms with van der Waals surface area (Å²) in [4.78, 5) is 26.4. The van der Waals surface area contributed by atoms with Crippen molar-refractivity contribution in [1.82, 2.24) is 4.90 Å². The van der Waals surface area contributed by atoms with E-state index in [0.29, 0.717) is 24.5 Å². The Bertz CT molecular complexity index is 800. The zero-order valence-electron chi connectivity index (χ0n) is 16.9. The van der Waals surface area contributed by atoms with Gasteiger partial charge >= 0.3 is 5.97 Å². The predicted molar refractivity (Wildman–Crippen MR) is 109 cm³/mol. The number of carbonyl (C=O) groups excluding carboxylic acids is 2. The third-order valence-electron chi connectivity index (χ3n) is 4.82. The van der Waals surface area contributed by atoms with Crippen molar-refractivity contribution < 1.29 is 23.8 Å². The summed E-state index contributed by atoms with van der Waals surface area (Å²) in [6.07, 6.45) is 1.34. The summed E-state index contributed by atoms with van der Waals surface area (Å²) < 4.78 is 16.6. The molecule has 0 radical (unpaired) electrons. The second kappa shape index (κ2) is 10.1. The van der Waals surface area contributed by atoms with Crippen LogP contribution in [0.2, 0.25) is 0 Å². The molecule has 0 spiro atoms. The van der Waals surface area contributed by atoms with E-state index in [0.717, 1.165) is 25.0 Å². The van der Waals surface area contributed by atoms with Crippen molar-refractivity contribution in [2.45, 2.75) is 38.5 Å². The normalized spacial score (nSPS) is 16.8. The van der Waals surface area contributed by atoms with Gasteiger partial charge in [-0.2, -0.15) is 0 Å². The van der Waals surface area contributed by atoms with E-state index in [9.17, 15) is 9.59 Å². The molecule has 1 aliphatic rings. The average molecular weight is 397 g/mol. The van der Waals surface area contributed by atoms with Gasteiger partial charge in [0.05, 0.1) is 11.7 Å². The van der Waals surface area contributed by atoms with Crippen LogP contribution in [0.15, 0.2) is 54.6 Å². The van der Waals surface area contributed by atoms with Crippen LogP contribution in [0.3, 0.4) is 0 Å². The summed E-state index contributed by atoms with van der Waals surface area (Å²) in [7, 11) is 1.69. The van der Waals surface area contributed by atoms with Gasteiger partial charge < -0.3 is 19.1 Å². The van der Waals surface area contributed by atoms with E-state index in [2.05, 4.69) is 0 Å². The molecule has 0 bridgehead atoms. The van der Waals surface area contributed by atoms with Gasteiger partial charge in [-0.1, -0.05) is 30.3 Å². The first-order valence-electron chi connectivity index (χ1n) is 9.87. The van der Waals surface area contributed by atoms with Crippen molar-refractivity contribution in [3.63, 3.8) is 0 Å². The molecule has 1 aliphatic heterocycles. The predicted octanol–water partition coefficient (Wildman–Crippen LogP) is 3.45. The van der Waals surface area contributed by atoms with Gasteiger partial charge in [0.15, 0.2) is 6.10 Å². The van der Waals surface area contributed by atoms with E-state index in [-0.39, 0.29) is 12.0 Å². The van der Waals surface area contributed by atoms with E-state index in [4.69, 9.17) is 14.2 Å². The van der Waals surface area contributed by atoms with Gasteiger partial charge in [-0.05, 0) is 49.6 Å². The van der Waals surface area contributed by atoms with Gasteiger partial charge in [0, 0.05) is 20.2 Å². The molecule has 2 aromatic rings. The maximum Gasteiger partial charge on any atom is 0.338 e. The molecule has 154 valence electrons. The highest BCUT2D eigenvalue weighted by atomic mass is 16.5. The van der Waals surface area contributed by atoms with E-state index in [1.807, 2.05) is 30.3 Å². The molecule has 29 heavy (non-hydrogen) atoms. The fourth-order valence-corrected chi connectivity index (χ4v) is 3.18. The molecule has 1 heterocycles. The van der Waals surface area contributed by atoms with Crippen molar-refractivity contribution >= 4 is 11.9 Å². The number of benzene rings is 2. The van der Waals surface area contributed by atoms with Crippen LogP contribution in [0.1, 0.15) is 35.7 Å². The zero-order chi connectivity index (χ0) is 20.6. The number of ether oxygens (including phenoxy) is 3. The van der Waals surface area contributed by atoms with Gasteiger partial charge in [-0.25, -0.2) is 4.79 Å². The number of hydrogen-bond acceptors (Lipinski definition) is 5. The number of likely N-dealkylation sites (N-methyl/N-ethyl adjacent to an activating group) is 1. The van der Waals surface area contributed by atoms with Crippen LogP contribution in [-0.2, 0) is 20.8 Å². The lowest BCUT2D eigenvalue weighted by Crippen LogP contribution is -2.37. The number of rotatable bonds is 8. The highest BCUT2D eigenvalue weighted by Crippen LogP contribution is 2.17. The fourth-order valence-electron chi connectivity index (χ4n) is 3.18. The summed E-state index contributed by atoms with van der Waals surface area (Å²) in [6.45, 7) is 3.33. The summed E-state index contributed by atoms with van der Waals surface area (Å²) in [6, 6.07) is 16.4. The third kappa shape index (κ3) is 6.06. The van der Waals surface area contributed by atoms with Gasteiger partial charge in [-0.15, -0.1) is 0 Å². The molecule has 6 heteroatoms. The molecule has 0 unspecified atom stereocenters. The third-order valence-corrected chi connectivity index (χ3v) is 4.82. The number of esters is 1.